The molecule has 7 heteroatoms. The molecular weight excluding hydrogens is 304 g/mol. The number of nitrogens with two attached hydrogens (primary N) is 1. The molecule has 2 aromatic rings. The molecule has 0 bridgehead atoms. The summed E-state index contributed by atoms with van der Waals surface area (Å²) in [6, 6.07) is 0.108. The first kappa shape index (κ1) is 14.5. The first-order chi connectivity index (χ1) is 10.1. The van der Waals surface area contributed by atoms with Gasteiger partial charge in [-0.15, -0.1) is 23.1 Å². The van der Waals surface area contributed by atoms with Crippen LogP contribution in [0.25, 0.3) is 0 Å². The van der Waals surface area contributed by atoms with Gasteiger partial charge in [-0.25, -0.2) is 0 Å². The van der Waals surface area contributed by atoms with Gasteiger partial charge in [0, 0.05) is 17.7 Å². The van der Waals surface area contributed by atoms with E-state index in [1.165, 1.54) is 11.3 Å². The summed E-state index contributed by atoms with van der Waals surface area (Å²) in [5, 5.41) is 11.2. The number of thioether (sulfide) groups is 1. The van der Waals surface area contributed by atoms with E-state index in [2.05, 4.69) is 22.4 Å². The number of rotatable bonds is 6. The molecule has 1 saturated carbocycles. The normalized spacial score (nSPS) is 15.9. The van der Waals surface area contributed by atoms with Crippen molar-refractivity contribution in [3.8, 4) is 0 Å². The summed E-state index contributed by atoms with van der Waals surface area (Å²) < 4.78 is 0. The Balaban J connectivity index is 1.87. The number of nitrogens with zero attached hydrogens (tertiary/aromatic N) is 1. The predicted molar refractivity (Wildman–Crippen MR) is 88.2 cm³/mol. The summed E-state index contributed by atoms with van der Waals surface area (Å²) in [6.45, 7) is 2.06. The van der Waals surface area contributed by atoms with Crippen LogP contribution >= 0.6 is 23.1 Å². The fourth-order valence-electron chi connectivity index (χ4n) is 2.22. The first-order valence-electron chi connectivity index (χ1n) is 6.87. The number of H-pyrrole nitrogens is 1. The number of Topliss-reactive ketones (excluding diaryl/α,β-unsaturated/α-hetero) is 1. The minimum atomic E-state index is 0.108. The number of carbonyl (C=O) groups excluding carboxylic acids is 1. The van der Waals surface area contributed by atoms with E-state index in [-0.39, 0.29) is 17.7 Å². The summed E-state index contributed by atoms with van der Waals surface area (Å²) in [4.78, 5) is 14.0. The van der Waals surface area contributed by atoms with E-state index >= 15 is 0 Å². The van der Waals surface area contributed by atoms with Crippen LogP contribution in [-0.4, -0.2) is 22.2 Å². The highest BCUT2D eigenvalue weighted by molar-refractivity contribution is 7.99. The van der Waals surface area contributed by atoms with Gasteiger partial charge in [0.2, 0.25) is 0 Å². The van der Waals surface area contributed by atoms with Gasteiger partial charge < -0.3 is 11.1 Å². The van der Waals surface area contributed by atoms with Crippen LogP contribution in [0.15, 0.2) is 17.3 Å². The number of nitrogens with one attached hydrogen (secondary N) is 2. The molecule has 4 N–H and O–H groups in total. The average molecular weight is 322 g/mol. The number of carbonyl (C=O) groups is 1. The fraction of sp³-hybridized carbons (Fsp3) is 0.429. The zero-order chi connectivity index (χ0) is 15.0. The van der Waals surface area contributed by atoms with Crippen molar-refractivity contribution in [3.05, 3.63) is 22.8 Å². The Hall–Kier alpha value is -1.47. The van der Waals surface area contributed by atoms with Crippen LogP contribution in [0.1, 0.15) is 41.0 Å². The Morgan fingerprint density at radius 3 is 2.95 bits per heavy atom. The smallest absolute Gasteiger partial charge is 0.178 e. The molecule has 0 aromatic carbocycles. The third-order valence-corrected chi connectivity index (χ3v) is 5.76. The van der Waals surface area contributed by atoms with Crippen LogP contribution in [0, 0.1) is 5.92 Å². The van der Waals surface area contributed by atoms with Crippen LogP contribution in [0.2, 0.25) is 0 Å². The molecule has 0 amide bonds. The Morgan fingerprint density at radius 2 is 2.38 bits per heavy atom. The number of thiophene rings is 1. The maximum atomic E-state index is 12.3. The second kappa shape index (κ2) is 5.73. The topological polar surface area (TPSA) is 83.8 Å². The Kier molecular flexibility index (Phi) is 3.95. The van der Waals surface area contributed by atoms with Gasteiger partial charge in [-0.05, 0) is 26.0 Å². The van der Waals surface area contributed by atoms with E-state index in [4.69, 9.17) is 5.73 Å². The van der Waals surface area contributed by atoms with Crippen molar-refractivity contribution in [2.75, 3.05) is 17.3 Å². The number of aromatic amines is 1. The van der Waals surface area contributed by atoms with E-state index in [1.54, 1.807) is 18.0 Å². The Labute approximate surface area is 131 Å². The second-order valence-corrected chi connectivity index (χ2v) is 7.08. The molecule has 1 aliphatic carbocycles. The van der Waals surface area contributed by atoms with Gasteiger partial charge in [-0.1, -0.05) is 0 Å². The van der Waals surface area contributed by atoms with Crippen LogP contribution in [0.5, 0.6) is 0 Å². The van der Waals surface area contributed by atoms with Crippen LogP contribution in [-0.2, 0) is 0 Å². The lowest BCUT2D eigenvalue weighted by atomic mass is 10.2. The summed E-state index contributed by atoms with van der Waals surface area (Å²) in [5.74, 6) is 0.400. The lowest BCUT2D eigenvalue weighted by Gasteiger charge is -2.13. The fourth-order valence-corrected chi connectivity index (χ4v) is 4.35. The number of nitrogen functional groups attached to an aromatic ring is 1. The van der Waals surface area contributed by atoms with E-state index in [9.17, 15) is 4.79 Å². The monoisotopic (exact) mass is 322 g/mol. The van der Waals surface area contributed by atoms with E-state index in [0.29, 0.717) is 10.6 Å². The molecule has 1 atom stereocenters. The van der Waals surface area contributed by atoms with Crippen molar-refractivity contribution >= 4 is 39.6 Å². The van der Waals surface area contributed by atoms with Crippen molar-refractivity contribution in [2.24, 2.45) is 5.92 Å². The molecule has 3 rings (SSSR count). The van der Waals surface area contributed by atoms with E-state index in [0.717, 1.165) is 28.3 Å². The van der Waals surface area contributed by atoms with Crippen LogP contribution in [0.3, 0.4) is 0 Å². The zero-order valence-electron chi connectivity index (χ0n) is 12.0. The van der Waals surface area contributed by atoms with Gasteiger partial charge in [-0.2, -0.15) is 5.10 Å². The zero-order valence-corrected chi connectivity index (χ0v) is 13.6. The quantitative estimate of drug-likeness (QED) is 0.559. The number of anilines is 2. The van der Waals surface area contributed by atoms with Crippen molar-refractivity contribution in [3.63, 3.8) is 0 Å². The minimum absolute atomic E-state index is 0.108. The standard InChI is InChI=1S/C14H18N4OS2/c1-7(9-5-16-17-6-9)18-14-13(20-2)10(15)12(21-14)11(19)8-3-4-8/h5-8,18H,3-4,15H2,1-2H3,(H,16,17). The second-order valence-electron chi connectivity index (χ2n) is 5.24. The maximum Gasteiger partial charge on any atom is 0.178 e. The summed E-state index contributed by atoms with van der Waals surface area (Å²) >= 11 is 3.05. The maximum absolute atomic E-state index is 12.3. The average Bonchev–Trinajstić information content (AvgIpc) is 3.07. The number of hydrogen-bond acceptors (Lipinski definition) is 6. The molecular formula is C14H18N4OS2. The highest BCUT2D eigenvalue weighted by Crippen LogP contribution is 2.46. The Bertz CT molecular complexity index is 646. The van der Waals surface area contributed by atoms with Crippen LogP contribution < -0.4 is 11.1 Å². The van der Waals surface area contributed by atoms with Gasteiger partial charge in [0.05, 0.1) is 27.7 Å². The summed E-state index contributed by atoms with van der Waals surface area (Å²) in [7, 11) is 0. The highest BCUT2D eigenvalue weighted by Gasteiger charge is 2.34. The van der Waals surface area contributed by atoms with E-state index in [1.807, 2.05) is 12.5 Å². The Morgan fingerprint density at radius 1 is 1.62 bits per heavy atom. The highest BCUT2D eigenvalue weighted by atomic mass is 32.2. The molecule has 5 nitrogen and oxygen atoms in total. The molecule has 1 aliphatic rings. The van der Waals surface area contributed by atoms with Crippen molar-refractivity contribution in [1.82, 2.24) is 10.2 Å². The molecule has 2 heterocycles. The molecule has 0 saturated heterocycles. The van der Waals surface area contributed by atoms with Gasteiger partial charge in [0.1, 0.15) is 5.00 Å². The van der Waals surface area contributed by atoms with Gasteiger partial charge >= 0.3 is 0 Å². The molecule has 112 valence electrons. The third-order valence-electron chi connectivity index (χ3n) is 3.64. The third kappa shape index (κ3) is 2.80. The lowest BCUT2D eigenvalue weighted by Crippen LogP contribution is -2.05. The lowest BCUT2D eigenvalue weighted by molar-refractivity contribution is 0.0972. The van der Waals surface area contributed by atoms with Gasteiger partial charge in [-0.3, -0.25) is 9.89 Å². The molecule has 1 fully saturated rings. The minimum Gasteiger partial charge on any atom is -0.396 e. The molecule has 0 spiro atoms. The largest absolute Gasteiger partial charge is 0.396 e. The van der Waals surface area contributed by atoms with Crippen molar-refractivity contribution in [1.29, 1.82) is 0 Å². The van der Waals surface area contributed by atoms with Crippen molar-refractivity contribution < 1.29 is 4.79 Å². The first-order valence-corrected chi connectivity index (χ1v) is 8.91. The van der Waals surface area contributed by atoms with E-state index < -0.39 is 0 Å². The molecule has 21 heavy (non-hydrogen) atoms. The molecule has 0 radical (unpaired) electrons. The summed E-state index contributed by atoms with van der Waals surface area (Å²) in [6.07, 6.45) is 7.64. The van der Waals surface area contributed by atoms with Gasteiger partial charge in [0.15, 0.2) is 5.78 Å². The summed E-state index contributed by atoms with van der Waals surface area (Å²) in [5.41, 5.74) is 7.89. The SMILES string of the molecule is CSc1c(NC(C)c2cn[nH]c2)sc(C(=O)C2CC2)c1N. The molecule has 1 unspecified atom stereocenters. The predicted octanol–water partition coefficient (Wildman–Crippen LogP) is 3.54. The van der Waals surface area contributed by atoms with Crippen LogP contribution in [0.4, 0.5) is 10.7 Å². The number of aromatic nitrogens is 2. The number of ketones is 1. The van der Waals surface area contributed by atoms with Crippen molar-refractivity contribution in [2.45, 2.75) is 30.7 Å². The number of hydrogen-bond donors (Lipinski definition) is 3. The molecule has 0 aliphatic heterocycles. The molecule has 2 aromatic heterocycles. The van der Waals surface area contributed by atoms with Gasteiger partial charge in [0.25, 0.3) is 0 Å².